The largest absolute Gasteiger partial charge is 0.478 e. The SMILES string of the molecule is O=C(O)c1c(-c2ccccc2)c2cc3nc(cc4ccc(cc5nc(c(-c6ccccn6)c1n2-c1ccccn1)C(c1ccccn1)=C5)[nH]4)C=C3. The number of nitrogens with one attached hydrogen (secondary N) is 1. The first-order chi connectivity index (χ1) is 25.1. The van der Waals surface area contributed by atoms with Gasteiger partial charge in [0.2, 0.25) is 0 Å². The van der Waals surface area contributed by atoms with Gasteiger partial charge in [-0.15, -0.1) is 0 Å². The van der Waals surface area contributed by atoms with Gasteiger partial charge in [0, 0.05) is 40.8 Å². The second-order valence-electron chi connectivity index (χ2n) is 12.0. The summed E-state index contributed by atoms with van der Waals surface area (Å²) in [7, 11) is 0. The molecule has 0 spiro atoms. The van der Waals surface area contributed by atoms with Gasteiger partial charge in [-0.1, -0.05) is 48.5 Å². The zero-order valence-corrected chi connectivity index (χ0v) is 27.0. The van der Waals surface area contributed by atoms with E-state index in [1.165, 1.54) is 0 Å². The van der Waals surface area contributed by atoms with Crippen molar-refractivity contribution in [2.24, 2.45) is 0 Å². The van der Waals surface area contributed by atoms with Crippen molar-refractivity contribution >= 4 is 51.8 Å². The van der Waals surface area contributed by atoms with Gasteiger partial charge >= 0.3 is 5.97 Å². The summed E-state index contributed by atoms with van der Waals surface area (Å²) < 4.78 is 1.90. The van der Waals surface area contributed by atoms with Gasteiger partial charge in [0.15, 0.2) is 0 Å². The fourth-order valence-corrected chi connectivity index (χ4v) is 6.69. The molecule has 242 valence electrons. The van der Waals surface area contributed by atoms with Crippen LogP contribution < -0.4 is 0 Å². The van der Waals surface area contributed by atoms with E-state index < -0.39 is 5.97 Å². The van der Waals surface area contributed by atoms with E-state index in [1.807, 2.05) is 138 Å². The number of rotatable bonds is 5. The topological polar surface area (TPSA) is 122 Å². The molecule has 0 atom stereocenters. The minimum absolute atomic E-state index is 0.0792. The number of carbonyl (C=O) groups is 1. The lowest BCUT2D eigenvalue weighted by Crippen LogP contribution is -2.04. The first-order valence-corrected chi connectivity index (χ1v) is 16.3. The normalized spacial score (nSPS) is 12.1. The van der Waals surface area contributed by atoms with Crippen molar-refractivity contribution in [3.8, 4) is 28.2 Å². The lowest BCUT2D eigenvalue weighted by molar-refractivity contribution is 0.0700. The van der Waals surface area contributed by atoms with E-state index in [0.29, 0.717) is 56.4 Å². The molecule has 6 aromatic heterocycles. The van der Waals surface area contributed by atoms with Crippen LogP contribution in [0.15, 0.2) is 134 Å². The number of carboxylic acids is 1. The predicted octanol–water partition coefficient (Wildman–Crippen LogP) is 8.75. The highest BCUT2D eigenvalue weighted by atomic mass is 16.4. The maximum Gasteiger partial charge on any atom is 0.338 e. The number of aromatic amines is 1. The van der Waals surface area contributed by atoms with Gasteiger partial charge in [0.05, 0.1) is 56.3 Å². The molecule has 8 heterocycles. The van der Waals surface area contributed by atoms with Crippen LogP contribution in [0.5, 0.6) is 0 Å². The van der Waals surface area contributed by atoms with Gasteiger partial charge in [-0.3, -0.25) is 14.5 Å². The van der Waals surface area contributed by atoms with Crippen molar-refractivity contribution in [2.45, 2.75) is 0 Å². The van der Waals surface area contributed by atoms with Crippen molar-refractivity contribution < 1.29 is 9.90 Å². The second kappa shape index (κ2) is 12.3. The summed E-state index contributed by atoms with van der Waals surface area (Å²) in [6.07, 6.45) is 11.0. The Hall–Kier alpha value is -7.26. The molecule has 51 heavy (non-hydrogen) atoms. The molecule has 0 amide bonds. The van der Waals surface area contributed by atoms with E-state index in [-0.39, 0.29) is 5.56 Å². The zero-order valence-electron chi connectivity index (χ0n) is 27.0. The molecule has 2 aliphatic rings. The molecule has 9 rings (SSSR count). The average Bonchev–Trinajstić information content (AvgIpc) is 3.97. The molecule has 9 nitrogen and oxygen atoms in total. The highest BCUT2D eigenvalue weighted by molar-refractivity contribution is 6.14. The summed E-state index contributed by atoms with van der Waals surface area (Å²) in [5.74, 6) is -0.591. The van der Waals surface area contributed by atoms with Crippen molar-refractivity contribution in [1.29, 1.82) is 0 Å². The van der Waals surface area contributed by atoms with E-state index in [9.17, 15) is 9.90 Å². The molecule has 0 saturated heterocycles. The number of nitrogens with zero attached hydrogens (tertiary/aromatic N) is 6. The van der Waals surface area contributed by atoms with E-state index in [1.54, 1.807) is 18.6 Å². The third-order valence-corrected chi connectivity index (χ3v) is 8.79. The maximum absolute atomic E-state index is 13.9. The Morgan fingerprint density at radius 3 is 1.94 bits per heavy atom. The van der Waals surface area contributed by atoms with Crippen molar-refractivity contribution in [3.05, 3.63) is 168 Å². The Balaban J connectivity index is 1.61. The minimum atomic E-state index is -1.11. The van der Waals surface area contributed by atoms with E-state index in [4.69, 9.17) is 24.9 Å². The molecule has 2 aliphatic heterocycles. The molecule has 0 saturated carbocycles. The Morgan fingerprint density at radius 2 is 1.27 bits per heavy atom. The standard InChI is InChI=1S/C42H27N7O2/c50-42(51)39-37(26-10-2-1-3-11-26)35-25-30-18-17-28(47-30)22-27-15-16-29(46-27)23-31-24-32(33-12-4-7-19-43-33)40(48-31)38(34-13-5-8-20-44-34)41(39)49(35)36-14-6-9-21-45-36/h1-25,46H,(H,50,51). The number of aromatic nitrogens is 7. The Labute approximate surface area is 291 Å². The monoisotopic (exact) mass is 661 g/mol. The second-order valence-corrected chi connectivity index (χ2v) is 12.0. The number of hydrogen-bond donors (Lipinski definition) is 2. The summed E-state index contributed by atoms with van der Waals surface area (Å²) in [6.45, 7) is 0. The number of pyridine rings is 3. The van der Waals surface area contributed by atoms with Gasteiger partial charge < -0.3 is 10.1 Å². The predicted molar refractivity (Wildman–Crippen MR) is 200 cm³/mol. The average molecular weight is 662 g/mol. The lowest BCUT2D eigenvalue weighted by Gasteiger charge is -2.13. The summed E-state index contributed by atoms with van der Waals surface area (Å²) in [6, 6.07) is 36.3. The van der Waals surface area contributed by atoms with Gasteiger partial charge in [0.25, 0.3) is 0 Å². The van der Waals surface area contributed by atoms with Crippen LogP contribution in [0.25, 0.3) is 74.1 Å². The van der Waals surface area contributed by atoms with Gasteiger partial charge in [-0.25, -0.2) is 19.7 Å². The van der Waals surface area contributed by atoms with Crippen LogP contribution >= 0.6 is 0 Å². The van der Waals surface area contributed by atoms with Crippen LogP contribution in [0, 0.1) is 0 Å². The molecule has 0 radical (unpaired) electrons. The lowest BCUT2D eigenvalue weighted by atomic mass is 9.96. The van der Waals surface area contributed by atoms with Crippen LogP contribution in [-0.2, 0) is 0 Å². The van der Waals surface area contributed by atoms with E-state index in [2.05, 4.69) is 4.98 Å². The molecule has 0 aliphatic carbocycles. The summed E-state index contributed by atoms with van der Waals surface area (Å²) in [5, 5.41) is 11.3. The van der Waals surface area contributed by atoms with Gasteiger partial charge in [-0.05, 0) is 90.5 Å². The summed E-state index contributed by atoms with van der Waals surface area (Å²) in [5.41, 5.74) is 9.08. The fraction of sp³-hybridized carbons (Fsp3) is 0. The number of fused-ring (bicyclic) bond motifs is 8. The van der Waals surface area contributed by atoms with Crippen molar-refractivity contribution in [2.75, 3.05) is 0 Å². The van der Waals surface area contributed by atoms with Crippen LogP contribution in [0.4, 0.5) is 0 Å². The van der Waals surface area contributed by atoms with Crippen LogP contribution in [0.2, 0.25) is 0 Å². The molecule has 0 fully saturated rings. The van der Waals surface area contributed by atoms with Gasteiger partial charge in [-0.2, -0.15) is 0 Å². The number of aromatic carboxylic acids is 1. The molecule has 9 heteroatoms. The number of H-pyrrole nitrogens is 1. The smallest absolute Gasteiger partial charge is 0.338 e. The van der Waals surface area contributed by atoms with E-state index >= 15 is 0 Å². The summed E-state index contributed by atoms with van der Waals surface area (Å²) in [4.78, 5) is 41.8. The highest BCUT2D eigenvalue weighted by Crippen LogP contribution is 2.43. The first kappa shape index (κ1) is 29.8. The van der Waals surface area contributed by atoms with Gasteiger partial charge in [0.1, 0.15) is 5.82 Å². The van der Waals surface area contributed by atoms with Crippen LogP contribution in [-0.4, -0.2) is 45.5 Å². The summed E-state index contributed by atoms with van der Waals surface area (Å²) >= 11 is 0. The fourth-order valence-electron chi connectivity index (χ4n) is 6.69. The minimum Gasteiger partial charge on any atom is -0.478 e. The Bertz CT molecular complexity index is 2700. The molecule has 7 aromatic rings. The first-order valence-electron chi connectivity index (χ1n) is 16.3. The molecule has 0 unspecified atom stereocenters. The molecular formula is C42H27N7O2. The third kappa shape index (κ3) is 5.39. The quantitative estimate of drug-likeness (QED) is 0.189. The van der Waals surface area contributed by atoms with Crippen molar-refractivity contribution in [3.63, 3.8) is 0 Å². The molecule has 8 bridgehead atoms. The number of hydrogen-bond acceptors (Lipinski definition) is 6. The molecule has 1 aromatic carbocycles. The zero-order chi connectivity index (χ0) is 34.3. The van der Waals surface area contributed by atoms with Crippen molar-refractivity contribution in [1.82, 2.24) is 34.5 Å². The maximum atomic E-state index is 13.9. The Kier molecular flexibility index (Phi) is 7.21. The number of benzene rings is 1. The highest BCUT2D eigenvalue weighted by Gasteiger charge is 2.30. The molecular weight excluding hydrogens is 635 g/mol. The number of carboxylic acid groups (broad SMARTS) is 1. The van der Waals surface area contributed by atoms with E-state index in [0.717, 1.165) is 27.9 Å². The van der Waals surface area contributed by atoms with Crippen LogP contribution in [0.3, 0.4) is 0 Å². The third-order valence-electron chi connectivity index (χ3n) is 8.79. The van der Waals surface area contributed by atoms with Crippen LogP contribution in [0.1, 0.15) is 38.8 Å². The molecule has 2 N–H and O–H groups in total. The Morgan fingerprint density at radius 1 is 0.627 bits per heavy atom.